The van der Waals surface area contributed by atoms with Crippen molar-refractivity contribution in [3.8, 4) is 0 Å². The van der Waals surface area contributed by atoms with Crippen LogP contribution in [0.15, 0.2) is 0 Å². The third-order valence-electron chi connectivity index (χ3n) is 3.47. The Bertz CT molecular complexity index is 373. The fraction of sp³-hybridized carbons (Fsp3) is 0.818. The van der Waals surface area contributed by atoms with Crippen LogP contribution in [0.1, 0.15) is 118 Å². The van der Waals surface area contributed by atoms with Crippen LogP contribution in [0, 0.1) is 0 Å². The number of hydrogen-bond donors (Lipinski definition) is 0. The number of carbonyl (C=O) groups excluding carboxylic acids is 4. The molecule has 0 fully saturated rings. The molecule has 0 rings (SSSR count). The van der Waals surface area contributed by atoms with Gasteiger partial charge in [0, 0.05) is 23.9 Å². The summed E-state index contributed by atoms with van der Waals surface area (Å²) in [6, 6.07) is 0. The average molecular weight is 560 g/mol. The van der Waals surface area contributed by atoms with Crippen LogP contribution >= 0.6 is 0 Å². The van der Waals surface area contributed by atoms with E-state index in [0.717, 1.165) is 39.5 Å². The van der Waals surface area contributed by atoms with Crippen molar-refractivity contribution in [1.82, 2.24) is 0 Å². The van der Waals surface area contributed by atoms with Gasteiger partial charge in [-0.2, -0.15) is 0 Å². The Morgan fingerprint density at radius 3 is 0.844 bits per heavy atom. The molecule has 0 aliphatic heterocycles. The van der Waals surface area contributed by atoms with E-state index in [0.29, 0.717) is 0 Å². The molecule has 0 aromatic rings. The zero-order chi connectivity index (χ0) is 24.2. The Balaban J connectivity index is -0.0000000758. The monoisotopic (exact) mass is 558 g/mol. The van der Waals surface area contributed by atoms with E-state index in [9.17, 15) is 19.8 Å². The molecule has 0 N–H and O–H groups in total. The summed E-state index contributed by atoms with van der Waals surface area (Å²) in [4.78, 5) is 37.7. The summed E-state index contributed by atoms with van der Waals surface area (Å²) < 4.78 is 0. The van der Waals surface area contributed by atoms with Crippen LogP contribution in [0.4, 0.5) is 0 Å². The number of carboxylic acids is 4. The normalized spacial score (nSPS) is 8.38. The van der Waals surface area contributed by atoms with Gasteiger partial charge >= 0.3 is 34.1 Å². The first-order chi connectivity index (χ1) is 14.0. The summed E-state index contributed by atoms with van der Waals surface area (Å²) in [6.07, 6.45) is 13.9. The zero-order valence-electron chi connectivity index (χ0n) is 19.8. The number of unbranched alkanes of at least 4 members (excludes halogenated alkanes) is 10. The number of aliphatic carboxylic acids is 4. The second-order valence-corrected chi connectivity index (χ2v) is 6.76. The van der Waals surface area contributed by atoms with Gasteiger partial charge in [-0.3, -0.25) is 0 Å². The third kappa shape index (κ3) is 101. The molecule has 0 heterocycles. The smallest absolute Gasteiger partial charge is 0.550 e. The van der Waals surface area contributed by atoms with E-state index in [2.05, 4.69) is 13.8 Å². The molecule has 8 nitrogen and oxygen atoms in total. The van der Waals surface area contributed by atoms with E-state index >= 15 is 0 Å². The molecule has 0 saturated heterocycles. The van der Waals surface area contributed by atoms with Crippen LogP contribution in [-0.2, 0) is 53.3 Å². The summed E-state index contributed by atoms with van der Waals surface area (Å²) in [6.45, 7) is 6.28. The van der Waals surface area contributed by atoms with Crippen molar-refractivity contribution < 1.29 is 73.7 Å². The number of rotatable bonds is 14. The molecule has 0 aliphatic carbocycles. The van der Waals surface area contributed by atoms with Gasteiger partial charge in [0.2, 0.25) is 0 Å². The van der Waals surface area contributed by atoms with Crippen LogP contribution in [0.2, 0.25) is 0 Å². The molecule has 0 aliphatic rings. The molecule has 0 spiro atoms. The maximum Gasteiger partial charge on any atom is 2.00 e. The van der Waals surface area contributed by atoms with Crippen molar-refractivity contribution in [2.75, 3.05) is 0 Å². The van der Waals surface area contributed by atoms with Gasteiger partial charge in [-0.15, -0.1) is 0 Å². The summed E-state index contributed by atoms with van der Waals surface area (Å²) in [5.74, 6) is -4.00. The topological polar surface area (TPSA) is 161 Å². The summed E-state index contributed by atoms with van der Waals surface area (Å²) in [5.41, 5.74) is 0. The Morgan fingerprint density at radius 2 is 0.656 bits per heavy atom. The van der Waals surface area contributed by atoms with Crippen molar-refractivity contribution >= 4 is 23.9 Å². The fourth-order valence-electron chi connectivity index (χ4n) is 2.10. The van der Waals surface area contributed by atoms with Gasteiger partial charge in [0.15, 0.2) is 0 Å². The van der Waals surface area contributed by atoms with E-state index in [4.69, 9.17) is 19.8 Å². The molecule has 0 bridgehead atoms. The molecule has 0 aromatic heterocycles. The maximum atomic E-state index is 9.98. The van der Waals surface area contributed by atoms with E-state index in [1.807, 2.05) is 0 Å². The first-order valence-corrected chi connectivity index (χ1v) is 10.8. The van der Waals surface area contributed by atoms with Crippen molar-refractivity contribution in [2.45, 2.75) is 118 Å². The number of hydrogen-bond acceptors (Lipinski definition) is 8. The second kappa shape index (κ2) is 40.3. The van der Waals surface area contributed by atoms with Gasteiger partial charge in [0.1, 0.15) is 0 Å². The number of carboxylic acid groups (broad SMARTS) is 4. The number of carbonyl (C=O) groups is 4. The Hall–Kier alpha value is -1.08. The first-order valence-electron chi connectivity index (χ1n) is 10.8. The molecular weight excluding hydrogens is 519 g/mol. The van der Waals surface area contributed by atoms with Crippen molar-refractivity contribution in [2.24, 2.45) is 0 Å². The largest absolute Gasteiger partial charge is 2.00 e. The second-order valence-electron chi connectivity index (χ2n) is 6.76. The van der Waals surface area contributed by atoms with Crippen LogP contribution in [0.3, 0.4) is 0 Å². The Kier molecular flexibility index (Phi) is 56.1. The minimum atomic E-state index is -1.08. The molecule has 32 heavy (non-hydrogen) atoms. The minimum Gasteiger partial charge on any atom is -0.550 e. The van der Waals surface area contributed by atoms with E-state index < -0.39 is 23.9 Å². The molecule has 0 amide bonds. The predicted octanol–water partition coefficient (Wildman–Crippen LogP) is 0.481. The molecule has 0 unspecified atom stereocenters. The molecule has 0 atom stereocenters. The van der Waals surface area contributed by atoms with Gasteiger partial charge in [0.25, 0.3) is 0 Å². The van der Waals surface area contributed by atoms with Gasteiger partial charge < -0.3 is 39.6 Å². The Labute approximate surface area is 214 Å². The maximum absolute atomic E-state index is 9.98. The van der Waals surface area contributed by atoms with Gasteiger partial charge in [-0.1, -0.05) is 78.1 Å². The van der Waals surface area contributed by atoms with Crippen molar-refractivity contribution in [3.63, 3.8) is 0 Å². The van der Waals surface area contributed by atoms with E-state index in [1.165, 1.54) is 51.4 Å². The van der Waals surface area contributed by atoms with Crippen molar-refractivity contribution in [3.05, 3.63) is 0 Å². The van der Waals surface area contributed by atoms with Crippen LogP contribution < -0.4 is 20.4 Å². The van der Waals surface area contributed by atoms with Crippen LogP contribution in [-0.4, -0.2) is 23.9 Å². The van der Waals surface area contributed by atoms with Gasteiger partial charge in [0.05, 0.1) is 0 Å². The molecular formula is C22H40Cu2O8. The van der Waals surface area contributed by atoms with E-state index in [1.54, 1.807) is 0 Å². The molecule has 10 heteroatoms. The summed E-state index contributed by atoms with van der Waals surface area (Å²) >= 11 is 0. The van der Waals surface area contributed by atoms with Gasteiger partial charge in [-0.25, -0.2) is 0 Å². The quantitative estimate of drug-likeness (QED) is 0.219. The minimum absolute atomic E-state index is 0. The summed E-state index contributed by atoms with van der Waals surface area (Å²) in [7, 11) is 0. The molecule has 0 saturated carbocycles. The van der Waals surface area contributed by atoms with Crippen LogP contribution in [0.5, 0.6) is 0 Å². The van der Waals surface area contributed by atoms with Crippen LogP contribution in [0.25, 0.3) is 0 Å². The molecule has 0 aromatic carbocycles. The SMILES string of the molecule is CC(=O)[O-].CC(=O)[O-].CCCCCCCCC(=O)[O-].CCCCCCCCC(=O)[O-].[Cu+2].[Cu+2]. The third-order valence-corrected chi connectivity index (χ3v) is 3.47. The first kappa shape index (κ1) is 44.6. The Morgan fingerprint density at radius 1 is 0.469 bits per heavy atom. The van der Waals surface area contributed by atoms with Gasteiger partial charge in [-0.05, 0) is 39.5 Å². The fourth-order valence-corrected chi connectivity index (χ4v) is 2.10. The van der Waals surface area contributed by atoms with Crippen molar-refractivity contribution in [1.29, 1.82) is 0 Å². The van der Waals surface area contributed by atoms with E-state index in [-0.39, 0.29) is 47.0 Å². The molecule has 198 valence electrons. The predicted molar refractivity (Wildman–Crippen MR) is 107 cm³/mol. The molecule has 2 radical (unpaired) electrons. The zero-order valence-corrected chi connectivity index (χ0v) is 21.7. The average Bonchev–Trinajstić information content (AvgIpc) is 2.60. The standard InChI is InChI=1S/2C9H18O2.2C2H4O2.2Cu/c2*1-2-3-4-5-6-7-8-9(10)11;2*1-2(3)4;;/h2*2-8H2,1H3,(H,10,11);2*1H3,(H,3,4);;/q;;;;2*+2/p-4. The summed E-state index contributed by atoms with van der Waals surface area (Å²) in [5, 5.41) is 37.7.